The second-order valence-electron chi connectivity index (χ2n) is 5.95. The van der Waals surface area contributed by atoms with Crippen LogP contribution >= 0.6 is 11.3 Å². The molecule has 4 nitrogen and oxygen atoms in total. The molecule has 2 aliphatic rings. The fourth-order valence-corrected chi connectivity index (χ4v) is 4.15. The highest BCUT2D eigenvalue weighted by atomic mass is 32.1. The number of likely N-dealkylation sites (tertiary alicyclic amines) is 1. The first-order valence-electron chi connectivity index (χ1n) is 7.95. The molecule has 1 aromatic rings. The zero-order chi connectivity index (χ0) is 13.8. The maximum atomic E-state index is 4.75. The van der Waals surface area contributed by atoms with Gasteiger partial charge in [0.15, 0.2) is 0 Å². The number of nitrogens with one attached hydrogen (secondary N) is 1. The summed E-state index contributed by atoms with van der Waals surface area (Å²) in [7, 11) is 0. The van der Waals surface area contributed by atoms with Crippen LogP contribution in [0, 0.1) is 0 Å². The molecule has 0 aromatic carbocycles. The van der Waals surface area contributed by atoms with E-state index < -0.39 is 0 Å². The van der Waals surface area contributed by atoms with Gasteiger partial charge in [0.2, 0.25) is 0 Å². The fraction of sp³-hybridized carbons (Fsp3) is 0.800. The van der Waals surface area contributed by atoms with E-state index in [0.717, 1.165) is 32.1 Å². The van der Waals surface area contributed by atoms with Crippen LogP contribution in [0.15, 0.2) is 5.38 Å². The number of hydrogen-bond acceptors (Lipinski definition) is 5. The minimum absolute atomic E-state index is 0.771. The van der Waals surface area contributed by atoms with Crippen molar-refractivity contribution < 1.29 is 0 Å². The Labute approximate surface area is 126 Å². The highest BCUT2D eigenvalue weighted by molar-refractivity contribution is 7.09. The van der Waals surface area contributed by atoms with Crippen molar-refractivity contribution in [3.05, 3.63) is 16.1 Å². The minimum Gasteiger partial charge on any atom is -0.314 e. The Morgan fingerprint density at radius 1 is 1.35 bits per heavy atom. The van der Waals surface area contributed by atoms with Crippen molar-refractivity contribution in [2.75, 3.05) is 39.3 Å². The number of nitrogens with zero attached hydrogens (tertiary/aromatic N) is 3. The molecule has 0 bridgehead atoms. The lowest BCUT2D eigenvalue weighted by Crippen LogP contribution is -2.49. The summed E-state index contributed by atoms with van der Waals surface area (Å²) in [5, 5.41) is 6.98. The molecule has 0 spiro atoms. The summed E-state index contributed by atoms with van der Waals surface area (Å²) < 4.78 is 0. The van der Waals surface area contributed by atoms with Gasteiger partial charge in [0.05, 0.1) is 12.2 Å². The molecule has 0 radical (unpaired) electrons. The zero-order valence-electron chi connectivity index (χ0n) is 12.5. The number of aromatic nitrogens is 1. The van der Waals surface area contributed by atoms with Crippen molar-refractivity contribution >= 4 is 11.3 Å². The van der Waals surface area contributed by atoms with Gasteiger partial charge in [-0.25, -0.2) is 4.98 Å². The van der Waals surface area contributed by atoms with Crippen molar-refractivity contribution in [3.8, 4) is 0 Å². The van der Waals surface area contributed by atoms with Gasteiger partial charge >= 0.3 is 0 Å². The number of thiazole rings is 1. The van der Waals surface area contributed by atoms with Crippen molar-refractivity contribution in [2.45, 2.75) is 38.8 Å². The third kappa shape index (κ3) is 3.58. The molecule has 2 fully saturated rings. The van der Waals surface area contributed by atoms with Crippen LogP contribution in [0.3, 0.4) is 0 Å². The number of piperazine rings is 1. The number of hydrogen-bond donors (Lipinski definition) is 1. The largest absolute Gasteiger partial charge is 0.314 e. The van der Waals surface area contributed by atoms with Crippen LogP contribution in [0.5, 0.6) is 0 Å². The molecule has 2 aliphatic heterocycles. The summed E-state index contributed by atoms with van der Waals surface area (Å²) in [5.41, 5.74) is 1.28. The summed E-state index contributed by atoms with van der Waals surface area (Å²) in [6.07, 6.45) is 3.64. The SMILES string of the molecule is CCCc1csc(CN2CCC(N3CCNCC3)C2)n1. The molecule has 3 heterocycles. The van der Waals surface area contributed by atoms with E-state index in [9.17, 15) is 0 Å². The predicted molar refractivity (Wildman–Crippen MR) is 84.2 cm³/mol. The van der Waals surface area contributed by atoms with Gasteiger partial charge in [-0.15, -0.1) is 11.3 Å². The normalized spacial score (nSPS) is 25.4. The monoisotopic (exact) mass is 294 g/mol. The molecule has 1 unspecified atom stereocenters. The standard InChI is InChI=1S/C15H26N4S/c1-2-3-13-12-20-15(17-13)11-18-7-4-14(10-18)19-8-5-16-6-9-19/h12,14,16H,2-11H2,1H3. The van der Waals surface area contributed by atoms with Crippen LogP contribution in [-0.4, -0.2) is 60.1 Å². The predicted octanol–water partition coefficient (Wildman–Crippen LogP) is 1.58. The first-order chi connectivity index (χ1) is 9.85. The van der Waals surface area contributed by atoms with E-state index in [0.29, 0.717) is 0 Å². The maximum Gasteiger partial charge on any atom is 0.107 e. The van der Waals surface area contributed by atoms with Crippen LogP contribution < -0.4 is 5.32 Å². The molecule has 112 valence electrons. The Morgan fingerprint density at radius 3 is 3.00 bits per heavy atom. The lowest BCUT2D eigenvalue weighted by atomic mass is 10.2. The topological polar surface area (TPSA) is 31.4 Å². The molecule has 1 N–H and O–H groups in total. The van der Waals surface area contributed by atoms with Gasteiger partial charge in [-0.2, -0.15) is 0 Å². The van der Waals surface area contributed by atoms with Gasteiger partial charge in [-0.3, -0.25) is 9.80 Å². The quantitative estimate of drug-likeness (QED) is 0.893. The first-order valence-corrected chi connectivity index (χ1v) is 8.83. The van der Waals surface area contributed by atoms with E-state index in [1.54, 1.807) is 0 Å². The first kappa shape index (κ1) is 14.4. The second kappa shape index (κ2) is 6.98. The molecular formula is C15H26N4S. The van der Waals surface area contributed by atoms with Crippen molar-refractivity contribution in [2.24, 2.45) is 0 Å². The number of aryl methyl sites for hydroxylation is 1. The molecule has 1 aromatic heterocycles. The van der Waals surface area contributed by atoms with Crippen molar-refractivity contribution in [1.29, 1.82) is 0 Å². The molecule has 2 saturated heterocycles. The van der Waals surface area contributed by atoms with Crippen LogP contribution in [0.1, 0.15) is 30.5 Å². The van der Waals surface area contributed by atoms with Crippen molar-refractivity contribution in [1.82, 2.24) is 20.1 Å². The average molecular weight is 294 g/mol. The summed E-state index contributed by atoms with van der Waals surface area (Å²) in [4.78, 5) is 10.0. The van der Waals surface area contributed by atoms with E-state index in [-0.39, 0.29) is 0 Å². The van der Waals surface area contributed by atoms with Gasteiger partial charge < -0.3 is 5.32 Å². The lowest BCUT2D eigenvalue weighted by Gasteiger charge is -2.32. The molecule has 5 heteroatoms. The van der Waals surface area contributed by atoms with Gasteiger partial charge in [0, 0.05) is 50.7 Å². The average Bonchev–Trinajstić information content (AvgIpc) is 3.11. The van der Waals surface area contributed by atoms with Gasteiger partial charge in [0.25, 0.3) is 0 Å². The van der Waals surface area contributed by atoms with E-state index >= 15 is 0 Å². The zero-order valence-corrected chi connectivity index (χ0v) is 13.3. The molecular weight excluding hydrogens is 268 g/mol. The Balaban J connectivity index is 1.49. The number of rotatable bonds is 5. The van der Waals surface area contributed by atoms with E-state index in [1.807, 2.05) is 11.3 Å². The van der Waals surface area contributed by atoms with Crippen molar-refractivity contribution in [3.63, 3.8) is 0 Å². The molecule has 20 heavy (non-hydrogen) atoms. The van der Waals surface area contributed by atoms with Gasteiger partial charge in [-0.05, 0) is 12.8 Å². The summed E-state index contributed by atoms with van der Waals surface area (Å²) in [5.74, 6) is 0. The van der Waals surface area contributed by atoms with Crippen LogP contribution in [0.2, 0.25) is 0 Å². The van der Waals surface area contributed by atoms with Crippen LogP contribution in [0.25, 0.3) is 0 Å². The fourth-order valence-electron chi connectivity index (χ4n) is 3.28. The van der Waals surface area contributed by atoms with E-state index in [2.05, 4.69) is 27.4 Å². The highest BCUT2D eigenvalue weighted by Gasteiger charge is 2.28. The molecule has 3 rings (SSSR count). The second-order valence-corrected chi connectivity index (χ2v) is 6.89. The molecule has 0 amide bonds. The summed E-state index contributed by atoms with van der Waals surface area (Å²) in [6.45, 7) is 10.5. The van der Waals surface area contributed by atoms with Crippen LogP contribution in [-0.2, 0) is 13.0 Å². The Bertz CT molecular complexity index is 414. The third-order valence-electron chi connectivity index (χ3n) is 4.38. The molecule has 0 saturated carbocycles. The summed E-state index contributed by atoms with van der Waals surface area (Å²) in [6, 6.07) is 0.771. The van der Waals surface area contributed by atoms with Crippen LogP contribution in [0.4, 0.5) is 0 Å². The van der Waals surface area contributed by atoms with Gasteiger partial charge in [0.1, 0.15) is 5.01 Å². The molecule has 0 aliphatic carbocycles. The van der Waals surface area contributed by atoms with E-state index in [4.69, 9.17) is 4.98 Å². The third-order valence-corrected chi connectivity index (χ3v) is 5.26. The Kier molecular flexibility index (Phi) is 5.04. The molecule has 1 atom stereocenters. The maximum absolute atomic E-state index is 4.75. The van der Waals surface area contributed by atoms with E-state index in [1.165, 1.54) is 49.7 Å². The minimum atomic E-state index is 0.771. The summed E-state index contributed by atoms with van der Waals surface area (Å²) >= 11 is 1.84. The highest BCUT2D eigenvalue weighted by Crippen LogP contribution is 2.20. The Morgan fingerprint density at radius 2 is 2.20 bits per heavy atom. The smallest absolute Gasteiger partial charge is 0.107 e. The Hall–Kier alpha value is -0.490. The van der Waals surface area contributed by atoms with Gasteiger partial charge in [-0.1, -0.05) is 13.3 Å². The lowest BCUT2D eigenvalue weighted by molar-refractivity contribution is 0.170.